The number of carboxylic acid groups (broad SMARTS) is 1. The number of rotatable bonds is 4. The minimum absolute atomic E-state index is 0.121. The van der Waals surface area contributed by atoms with Gasteiger partial charge in [-0.2, -0.15) is 0 Å². The van der Waals surface area contributed by atoms with Crippen LogP contribution < -0.4 is 5.32 Å². The molecule has 19 heavy (non-hydrogen) atoms. The minimum Gasteiger partial charge on any atom is -0.481 e. The number of nitrogens with one attached hydrogen (secondary N) is 1. The molecule has 2 rings (SSSR count). The zero-order valence-electron chi connectivity index (χ0n) is 11.7. The van der Waals surface area contributed by atoms with Gasteiger partial charge >= 0.3 is 5.97 Å². The van der Waals surface area contributed by atoms with E-state index in [0.29, 0.717) is 31.8 Å². The van der Waals surface area contributed by atoms with Gasteiger partial charge in [0.15, 0.2) is 0 Å². The van der Waals surface area contributed by atoms with Crippen LogP contribution in [0, 0.1) is 11.3 Å². The van der Waals surface area contributed by atoms with E-state index in [1.54, 1.807) is 11.8 Å². The molecule has 2 saturated heterocycles. The first-order valence-corrected chi connectivity index (χ1v) is 7.23. The summed E-state index contributed by atoms with van der Waals surface area (Å²) in [4.78, 5) is 25.0. The average Bonchev–Trinajstić information content (AvgIpc) is 2.81. The predicted molar refractivity (Wildman–Crippen MR) is 71.8 cm³/mol. The summed E-state index contributed by atoms with van der Waals surface area (Å²) in [5, 5.41) is 12.5. The normalized spacial score (nSPS) is 31.4. The molecule has 0 aliphatic carbocycles. The van der Waals surface area contributed by atoms with E-state index >= 15 is 0 Å². The van der Waals surface area contributed by atoms with Gasteiger partial charge in [0.2, 0.25) is 5.91 Å². The number of aliphatic carboxylic acids is 1. The Balaban J connectivity index is 1.76. The Bertz CT molecular complexity index is 353. The first kappa shape index (κ1) is 14.3. The van der Waals surface area contributed by atoms with Gasteiger partial charge in [-0.05, 0) is 51.6 Å². The van der Waals surface area contributed by atoms with Gasteiger partial charge in [0.05, 0.1) is 5.41 Å². The van der Waals surface area contributed by atoms with E-state index < -0.39 is 11.4 Å². The molecule has 5 heteroatoms. The first-order valence-electron chi connectivity index (χ1n) is 7.23. The lowest BCUT2D eigenvalue weighted by molar-refractivity contribution is -0.147. The standard InChI is InChI=1S/C14H24N2O3/c1-14(13(18)19)6-8-16(10-14)12(17)5-4-11-3-2-7-15-9-11/h11,15H,2-10H2,1H3,(H,18,19). The van der Waals surface area contributed by atoms with E-state index in [0.717, 1.165) is 19.5 Å². The summed E-state index contributed by atoms with van der Waals surface area (Å²) < 4.78 is 0. The molecule has 2 atom stereocenters. The monoisotopic (exact) mass is 268 g/mol. The number of amides is 1. The number of hydrogen-bond donors (Lipinski definition) is 2. The summed E-state index contributed by atoms with van der Waals surface area (Å²) in [7, 11) is 0. The van der Waals surface area contributed by atoms with Crippen molar-refractivity contribution < 1.29 is 14.7 Å². The lowest BCUT2D eigenvalue weighted by atomic mass is 9.90. The maximum absolute atomic E-state index is 12.1. The third kappa shape index (κ3) is 3.47. The van der Waals surface area contributed by atoms with E-state index in [-0.39, 0.29) is 5.91 Å². The fourth-order valence-corrected chi connectivity index (χ4v) is 3.00. The second-order valence-corrected chi connectivity index (χ2v) is 6.18. The van der Waals surface area contributed by atoms with Crippen molar-refractivity contribution in [1.82, 2.24) is 10.2 Å². The molecule has 2 N–H and O–H groups in total. The number of hydrogen-bond acceptors (Lipinski definition) is 3. The Kier molecular flexibility index (Phi) is 4.45. The molecule has 5 nitrogen and oxygen atoms in total. The van der Waals surface area contributed by atoms with Gasteiger partial charge in [-0.1, -0.05) is 0 Å². The summed E-state index contributed by atoms with van der Waals surface area (Å²) in [5.41, 5.74) is -0.748. The molecule has 2 heterocycles. The summed E-state index contributed by atoms with van der Waals surface area (Å²) in [6, 6.07) is 0. The number of nitrogens with zero attached hydrogens (tertiary/aromatic N) is 1. The van der Waals surface area contributed by atoms with Gasteiger partial charge in [-0.3, -0.25) is 9.59 Å². The van der Waals surface area contributed by atoms with Crippen molar-refractivity contribution in [1.29, 1.82) is 0 Å². The molecule has 2 aliphatic rings. The van der Waals surface area contributed by atoms with Crippen molar-refractivity contribution in [3.63, 3.8) is 0 Å². The number of carbonyl (C=O) groups excluding carboxylic acids is 1. The molecule has 0 bridgehead atoms. The molecule has 1 amide bonds. The fourth-order valence-electron chi connectivity index (χ4n) is 3.00. The summed E-state index contributed by atoms with van der Waals surface area (Å²) in [5.74, 6) is -0.0685. The van der Waals surface area contributed by atoms with Gasteiger partial charge in [-0.25, -0.2) is 0 Å². The van der Waals surface area contributed by atoms with Gasteiger partial charge in [0.1, 0.15) is 0 Å². The second kappa shape index (κ2) is 5.90. The van der Waals surface area contributed by atoms with Crippen LogP contribution in [0.3, 0.4) is 0 Å². The lowest BCUT2D eigenvalue weighted by Gasteiger charge is -2.24. The molecule has 0 aromatic heterocycles. The summed E-state index contributed by atoms with van der Waals surface area (Å²) in [6.07, 6.45) is 4.44. The Morgan fingerprint density at radius 1 is 1.47 bits per heavy atom. The third-order valence-electron chi connectivity index (χ3n) is 4.51. The molecule has 0 radical (unpaired) electrons. The second-order valence-electron chi connectivity index (χ2n) is 6.18. The molecule has 2 unspecified atom stereocenters. The van der Waals surface area contributed by atoms with Gasteiger partial charge in [-0.15, -0.1) is 0 Å². The molecule has 0 spiro atoms. The Morgan fingerprint density at radius 2 is 2.26 bits per heavy atom. The number of piperidine rings is 1. The van der Waals surface area contributed by atoms with E-state index in [4.69, 9.17) is 5.11 Å². The van der Waals surface area contributed by atoms with Crippen LogP contribution in [0.5, 0.6) is 0 Å². The van der Waals surface area contributed by atoms with Gasteiger partial charge in [0.25, 0.3) is 0 Å². The molecule has 2 fully saturated rings. The number of carbonyl (C=O) groups is 2. The predicted octanol–water partition coefficient (Wildman–Crippen LogP) is 1.09. The molecular formula is C14H24N2O3. The first-order chi connectivity index (χ1) is 9.01. The highest BCUT2D eigenvalue weighted by molar-refractivity contribution is 5.80. The van der Waals surface area contributed by atoms with Crippen LogP contribution in [0.15, 0.2) is 0 Å². The zero-order chi connectivity index (χ0) is 13.9. The maximum Gasteiger partial charge on any atom is 0.311 e. The smallest absolute Gasteiger partial charge is 0.311 e. The average molecular weight is 268 g/mol. The van der Waals surface area contributed by atoms with Crippen molar-refractivity contribution in [2.45, 2.75) is 39.0 Å². The molecular weight excluding hydrogens is 244 g/mol. The molecule has 0 aromatic rings. The largest absolute Gasteiger partial charge is 0.481 e. The van der Waals surface area contributed by atoms with E-state index in [1.807, 2.05) is 0 Å². The zero-order valence-corrected chi connectivity index (χ0v) is 11.7. The highest BCUT2D eigenvalue weighted by Crippen LogP contribution is 2.30. The Labute approximate surface area is 114 Å². The van der Waals surface area contributed by atoms with Crippen LogP contribution in [0.2, 0.25) is 0 Å². The van der Waals surface area contributed by atoms with Crippen molar-refractivity contribution in [3.05, 3.63) is 0 Å². The van der Waals surface area contributed by atoms with E-state index in [9.17, 15) is 9.59 Å². The van der Waals surface area contributed by atoms with Crippen molar-refractivity contribution in [2.24, 2.45) is 11.3 Å². The number of carboxylic acids is 1. The third-order valence-corrected chi connectivity index (χ3v) is 4.51. The topological polar surface area (TPSA) is 69.6 Å². The maximum atomic E-state index is 12.1. The van der Waals surface area contributed by atoms with E-state index in [1.165, 1.54) is 12.8 Å². The van der Waals surface area contributed by atoms with Crippen LogP contribution in [-0.2, 0) is 9.59 Å². The highest BCUT2D eigenvalue weighted by atomic mass is 16.4. The van der Waals surface area contributed by atoms with Crippen LogP contribution in [0.1, 0.15) is 39.0 Å². The highest BCUT2D eigenvalue weighted by Gasteiger charge is 2.41. The van der Waals surface area contributed by atoms with Crippen LogP contribution in [0.4, 0.5) is 0 Å². The SMILES string of the molecule is CC1(C(=O)O)CCN(C(=O)CCC2CCCNC2)C1. The summed E-state index contributed by atoms with van der Waals surface area (Å²) >= 11 is 0. The van der Waals surface area contributed by atoms with Crippen molar-refractivity contribution in [2.75, 3.05) is 26.2 Å². The van der Waals surface area contributed by atoms with Gasteiger partial charge in [0, 0.05) is 19.5 Å². The Hall–Kier alpha value is -1.10. The van der Waals surface area contributed by atoms with Crippen molar-refractivity contribution in [3.8, 4) is 0 Å². The molecule has 0 saturated carbocycles. The molecule has 108 valence electrons. The molecule has 0 aromatic carbocycles. The fraction of sp³-hybridized carbons (Fsp3) is 0.857. The van der Waals surface area contributed by atoms with Crippen molar-refractivity contribution >= 4 is 11.9 Å². The van der Waals surface area contributed by atoms with Crippen LogP contribution in [0.25, 0.3) is 0 Å². The lowest BCUT2D eigenvalue weighted by Crippen LogP contribution is -2.35. The summed E-state index contributed by atoms with van der Waals surface area (Å²) in [6.45, 7) is 4.79. The quantitative estimate of drug-likeness (QED) is 0.801. The number of likely N-dealkylation sites (tertiary alicyclic amines) is 1. The van der Waals surface area contributed by atoms with Crippen LogP contribution >= 0.6 is 0 Å². The Morgan fingerprint density at radius 3 is 2.84 bits per heavy atom. The van der Waals surface area contributed by atoms with Crippen LogP contribution in [-0.4, -0.2) is 48.1 Å². The minimum atomic E-state index is -0.792. The van der Waals surface area contributed by atoms with Gasteiger partial charge < -0.3 is 15.3 Å². The van der Waals surface area contributed by atoms with E-state index in [2.05, 4.69) is 5.32 Å². The molecule has 2 aliphatic heterocycles.